The fraction of sp³-hybridized carbons (Fsp3) is 0.0500. The smallest absolute Gasteiger partial charge is 0.270 e. The number of anilines is 3. The van der Waals surface area contributed by atoms with Crippen LogP contribution in [0.5, 0.6) is 0 Å². The zero-order valence-corrected chi connectivity index (χ0v) is 17.6. The second-order valence-corrected chi connectivity index (χ2v) is 9.82. The average molecular weight is 457 g/mol. The monoisotopic (exact) mass is 457 g/mol. The van der Waals surface area contributed by atoms with Crippen molar-refractivity contribution in [3.63, 3.8) is 0 Å². The number of nitrogens with one attached hydrogen (secondary N) is 1. The van der Waals surface area contributed by atoms with Crippen molar-refractivity contribution in [2.45, 2.75) is 21.6 Å². The van der Waals surface area contributed by atoms with Gasteiger partial charge in [0.2, 0.25) is 5.91 Å². The number of benzene rings is 3. The van der Waals surface area contributed by atoms with Crippen molar-refractivity contribution in [2.75, 3.05) is 9.62 Å². The van der Waals surface area contributed by atoms with Crippen molar-refractivity contribution >= 4 is 49.5 Å². The van der Waals surface area contributed by atoms with E-state index in [-0.39, 0.29) is 37.7 Å². The quantitative estimate of drug-likeness (QED) is 0.471. The Kier molecular flexibility index (Phi) is 5.07. The molecule has 0 aromatic heterocycles. The highest BCUT2D eigenvalue weighted by Crippen LogP contribution is 2.46. The number of nitro groups is 1. The maximum Gasteiger partial charge on any atom is 0.270 e. The molecule has 0 unspecified atom stereocenters. The van der Waals surface area contributed by atoms with Crippen LogP contribution >= 0.6 is 0 Å². The number of para-hydroxylation sites is 1. The molecule has 1 amide bonds. The summed E-state index contributed by atoms with van der Waals surface area (Å²) >= 11 is 0. The molecule has 0 saturated carbocycles. The van der Waals surface area contributed by atoms with E-state index in [1.165, 1.54) is 55.5 Å². The van der Waals surface area contributed by atoms with Crippen LogP contribution in [0.4, 0.5) is 22.7 Å². The van der Waals surface area contributed by atoms with Crippen LogP contribution in [0.3, 0.4) is 0 Å². The highest BCUT2D eigenvalue weighted by atomic mass is 32.2. The van der Waals surface area contributed by atoms with Gasteiger partial charge in [-0.25, -0.2) is 16.9 Å². The molecule has 0 spiro atoms. The maximum atomic E-state index is 13.6. The van der Waals surface area contributed by atoms with Crippen LogP contribution in [0.25, 0.3) is 0 Å². The third kappa shape index (κ3) is 3.57. The van der Waals surface area contributed by atoms with Gasteiger partial charge in [0.15, 0.2) is 0 Å². The van der Waals surface area contributed by atoms with Gasteiger partial charge in [0.05, 0.1) is 41.8 Å². The molecule has 4 rings (SSSR count). The van der Waals surface area contributed by atoms with Crippen LogP contribution in [0, 0.1) is 10.1 Å². The van der Waals surface area contributed by atoms with Crippen LogP contribution in [0.2, 0.25) is 0 Å². The van der Waals surface area contributed by atoms with Gasteiger partial charge in [-0.3, -0.25) is 14.9 Å². The van der Waals surface area contributed by atoms with Gasteiger partial charge in [0.25, 0.3) is 15.7 Å². The van der Waals surface area contributed by atoms with Gasteiger partial charge in [-0.1, -0.05) is 12.1 Å². The molecule has 3 aromatic carbocycles. The maximum absolute atomic E-state index is 13.6. The van der Waals surface area contributed by atoms with E-state index in [4.69, 9.17) is 0 Å². The van der Waals surface area contributed by atoms with E-state index in [1.54, 1.807) is 12.1 Å². The minimum atomic E-state index is -4.17. The van der Waals surface area contributed by atoms with Crippen LogP contribution in [-0.2, 0) is 25.6 Å². The minimum Gasteiger partial charge on any atom is -0.326 e. The number of amides is 1. The van der Waals surface area contributed by atoms with E-state index in [1.807, 2.05) is 0 Å². The number of nitro benzene ring substituents is 1. The van der Waals surface area contributed by atoms with E-state index in [9.17, 15) is 27.5 Å². The van der Waals surface area contributed by atoms with Gasteiger partial charge in [-0.05, 0) is 42.5 Å². The Bertz CT molecular complexity index is 1350. The lowest BCUT2D eigenvalue weighted by atomic mass is 10.2. The lowest BCUT2D eigenvalue weighted by Crippen LogP contribution is -2.30. The number of fused-ring (bicyclic) bond motifs is 2. The lowest BCUT2D eigenvalue weighted by molar-refractivity contribution is -0.385. The molecule has 1 N–H and O–H groups in total. The van der Waals surface area contributed by atoms with Crippen LogP contribution in [0.15, 0.2) is 81.4 Å². The predicted molar refractivity (Wildman–Crippen MR) is 114 cm³/mol. The molecule has 0 saturated heterocycles. The summed E-state index contributed by atoms with van der Waals surface area (Å²) in [4.78, 5) is 22.0. The molecule has 31 heavy (non-hydrogen) atoms. The molecule has 1 atom stereocenters. The first kappa shape index (κ1) is 20.7. The minimum absolute atomic E-state index is 0.0336. The van der Waals surface area contributed by atoms with Gasteiger partial charge in [0.1, 0.15) is 0 Å². The number of carbonyl (C=O) groups excluding carboxylic acids is 1. The molecule has 11 heteroatoms. The summed E-state index contributed by atoms with van der Waals surface area (Å²) < 4.78 is 41.3. The van der Waals surface area contributed by atoms with Gasteiger partial charge in [0, 0.05) is 24.7 Å². The Morgan fingerprint density at radius 3 is 2.29 bits per heavy atom. The zero-order chi connectivity index (χ0) is 22.3. The van der Waals surface area contributed by atoms with E-state index in [0.717, 1.165) is 10.4 Å². The second kappa shape index (κ2) is 7.60. The molecule has 158 valence electrons. The third-order valence-corrected chi connectivity index (χ3v) is 7.78. The summed E-state index contributed by atoms with van der Waals surface area (Å²) in [6.07, 6.45) is 0. The zero-order valence-electron chi connectivity index (χ0n) is 16.0. The van der Waals surface area contributed by atoms with Crippen molar-refractivity contribution in [3.05, 3.63) is 76.8 Å². The van der Waals surface area contributed by atoms with E-state index in [2.05, 4.69) is 5.32 Å². The molecule has 0 bridgehead atoms. The number of non-ortho nitro benzene ring substituents is 1. The summed E-state index contributed by atoms with van der Waals surface area (Å²) in [6.45, 7) is 1.34. The number of rotatable bonds is 4. The predicted octanol–water partition coefficient (Wildman–Crippen LogP) is 3.56. The summed E-state index contributed by atoms with van der Waals surface area (Å²) in [5, 5.41) is 13.8. The molecule has 9 nitrogen and oxygen atoms in total. The molecular formula is C20H15N3O6S2. The van der Waals surface area contributed by atoms with E-state index >= 15 is 0 Å². The standard InChI is InChI=1S/C20H15N3O6S2/c1-13(24)21-14-6-9-16(10-7-14)31(28,29)22-17-4-2-3-5-19(17)30(27)20-12-15(23(25)26)8-11-18(20)22/h2-12H,1H3,(H,21,24)/t30-/m0/s1. The molecule has 0 aliphatic carbocycles. The number of sulfonamides is 1. The highest BCUT2D eigenvalue weighted by Gasteiger charge is 2.37. The summed E-state index contributed by atoms with van der Waals surface area (Å²) in [5.41, 5.74) is 0.424. The van der Waals surface area contributed by atoms with Crippen molar-refractivity contribution < 1.29 is 22.3 Å². The summed E-state index contributed by atoms with van der Waals surface area (Å²) in [7, 11) is -5.97. The first-order chi connectivity index (χ1) is 14.7. The topological polar surface area (TPSA) is 127 Å². The second-order valence-electron chi connectivity index (χ2n) is 6.62. The Hall–Kier alpha value is -3.57. The number of carbonyl (C=O) groups is 1. The molecule has 0 radical (unpaired) electrons. The Morgan fingerprint density at radius 1 is 1.00 bits per heavy atom. The van der Waals surface area contributed by atoms with Crippen molar-refractivity contribution in [3.8, 4) is 0 Å². The van der Waals surface area contributed by atoms with Crippen LogP contribution < -0.4 is 9.62 Å². The molecule has 3 aromatic rings. The Balaban J connectivity index is 1.90. The number of hydrogen-bond acceptors (Lipinski definition) is 6. The fourth-order valence-electron chi connectivity index (χ4n) is 3.24. The van der Waals surface area contributed by atoms with E-state index in [0.29, 0.717) is 5.69 Å². The highest BCUT2D eigenvalue weighted by molar-refractivity contribution is 7.93. The first-order valence-corrected chi connectivity index (χ1v) is 11.5. The van der Waals surface area contributed by atoms with Gasteiger partial charge >= 0.3 is 0 Å². The first-order valence-electron chi connectivity index (χ1n) is 8.92. The van der Waals surface area contributed by atoms with Crippen LogP contribution in [-0.4, -0.2) is 23.5 Å². The lowest BCUT2D eigenvalue weighted by Gasteiger charge is -2.31. The van der Waals surface area contributed by atoms with Gasteiger partial charge in [-0.2, -0.15) is 0 Å². The molecule has 1 aliphatic heterocycles. The van der Waals surface area contributed by atoms with Crippen molar-refractivity contribution in [2.24, 2.45) is 0 Å². The van der Waals surface area contributed by atoms with Gasteiger partial charge in [-0.15, -0.1) is 0 Å². The number of nitrogens with zero attached hydrogens (tertiary/aromatic N) is 2. The van der Waals surface area contributed by atoms with Crippen LogP contribution in [0.1, 0.15) is 6.92 Å². The number of hydrogen-bond donors (Lipinski definition) is 1. The van der Waals surface area contributed by atoms with E-state index < -0.39 is 25.7 Å². The molecule has 0 fully saturated rings. The fourth-order valence-corrected chi connectivity index (χ4v) is 6.25. The molecule has 1 aliphatic rings. The normalized spacial score (nSPS) is 15.0. The third-order valence-electron chi connectivity index (χ3n) is 4.57. The van der Waals surface area contributed by atoms with Gasteiger partial charge < -0.3 is 5.32 Å². The molecular weight excluding hydrogens is 442 g/mol. The summed E-state index contributed by atoms with van der Waals surface area (Å²) in [5.74, 6) is -0.293. The molecule has 1 heterocycles. The Labute approximate surface area is 180 Å². The average Bonchev–Trinajstić information content (AvgIpc) is 2.73. The Morgan fingerprint density at radius 2 is 1.65 bits per heavy atom. The summed E-state index contributed by atoms with van der Waals surface area (Å²) in [6, 6.07) is 15.5. The van der Waals surface area contributed by atoms with Crippen molar-refractivity contribution in [1.82, 2.24) is 0 Å². The SMILES string of the molecule is CC(=O)Nc1ccc(S(=O)(=O)N2c3ccccc3[S@](=O)c3cc([N+](=O)[O-])ccc32)cc1. The van der Waals surface area contributed by atoms with Crippen molar-refractivity contribution in [1.29, 1.82) is 0 Å². The largest absolute Gasteiger partial charge is 0.326 e.